The van der Waals surface area contributed by atoms with Gasteiger partial charge in [-0.25, -0.2) is 0 Å². The van der Waals surface area contributed by atoms with Crippen LogP contribution in [-0.4, -0.2) is 12.5 Å². The number of nitriles is 1. The predicted molar refractivity (Wildman–Crippen MR) is 89.9 cm³/mol. The van der Waals surface area contributed by atoms with Gasteiger partial charge in [0.2, 0.25) is 5.91 Å². The van der Waals surface area contributed by atoms with Crippen molar-refractivity contribution in [2.24, 2.45) is 0 Å². The summed E-state index contributed by atoms with van der Waals surface area (Å²) in [6.07, 6.45) is 3.28. The quantitative estimate of drug-likeness (QED) is 0.912. The fraction of sp³-hybridized carbons (Fsp3) is 0.263. The molecule has 1 aliphatic carbocycles. The van der Waals surface area contributed by atoms with Crippen molar-refractivity contribution in [3.63, 3.8) is 0 Å². The van der Waals surface area contributed by atoms with Crippen molar-refractivity contribution in [3.8, 4) is 6.07 Å². The van der Waals surface area contributed by atoms with Gasteiger partial charge < -0.3 is 10.6 Å². The zero-order valence-electron chi connectivity index (χ0n) is 12.9. The first kappa shape index (κ1) is 15.3. The molecule has 2 aromatic carbocycles. The molecular formula is C19H19N3O. The summed E-state index contributed by atoms with van der Waals surface area (Å²) in [6.45, 7) is 0.235. The molecule has 4 heteroatoms. The van der Waals surface area contributed by atoms with Gasteiger partial charge in [0.25, 0.3) is 0 Å². The normalized spacial score (nSPS) is 16.2. The van der Waals surface area contributed by atoms with Crippen LogP contribution in [0.3, 0.4) is 0 Å². The summed E-state index contributed by atoms with van der Waals surface area (Å²) >= 11 is 0. The van der Waals surface area contributed by atoms with Crippen LogP contribution in [0, 0.1) is 11.3 Å². The van der Waals surface area contributed by atoms with E-state index in [1.807, 2.05) is 6.07 Å². The van der Waals surface area contributed by atoms with Crippen molar-refractivity contribution in [2.75, 3.05) is 11.9 Å². The number of rotatable bonds is 4. The number of nitrogens with zero attached hydrogens (tertiary/aromatic N) is 1. The Morgan fingerprint density at radius 2 is 1.96 bits per heavy atom. The van der Waals surface area contributed by atoms with Crippen molar-refractivity contribution in [1.29, 1.82) is 5.26 Å². The highest BCUT2D eigenvalue weighted by molar-refractivity contribution is 5.93. The highest BCUT2D eigenvalue weighted by atomic mass is 16.1. The molecule has 4 nitrogen and oxygen atoms in total. The lowest BCUT2D eigenvalue weighted by atomic mass is 9.88. The summed E-state index contributed by atoms with van der Waals surface area (Å²) in [5, 5.41) is 15.2. The average Bonchev–Trinajstić information content (AvgIpc) is 2.60. The minimum absolute atomic E-state index is 0.129. The van der Waals surface area contributed by atoms with Gasteiger partial charge in [-0.2, -0.15) is 5.26 Å². The van der Waals surface area contributed by atoms with Crippen molar-refractivity contribution < 1.29 is 4.79 Å². The Bertz CT molecular complexity index is 748. The van der Waals surface area contributed by atoms with E-state index in [0.29, 0.717) is 11.3 Å². The minimum atomic E-state index is -0.129. The van der Waals surface area contributed by atoms with E-state index in [2.05, 4.69) is 34.9 Å². The van der Waals surface area contributed by atoms with Gasteiger partial charge in [0, 0.05) is 6.04 Å². The number of carbonyl (C=O) groups excluding carboxylic acids is 1. The van der Waals surface area contributed by atoms with E-state index in [-0.39, 0.29) is 18.5 Å². The second kappa shape index (κ2) is 7.08. The molecular weight excluding hydrogens is 286 g/mol. The van der Waals surface area contributed by atoms with Gasteiger partial charge in [-0.3, -0.25) is 4.79 Å². The van der Waals surface area contributed by atoms with E-state index in [4.69, 9.17) is 5.26 Å². The van der Waals surface area contributed by atoms with Crippen LogP contribution in [0.2, 0.25) is 0 Å². The van der Waals surface area contributed by atoms with Gasteiger partial charge in [-0.1, -0.05) is 36.4 Å². The zero-order valence-corrected chi connectivity index (χ0v) is 12.9. The number of amides is 1. The molecule has 1 amide bonds. The Labute approximate surface area is 136 Å². The largest absolute Gasteiger partial charge is 0.324 e. The Morgan fingerprint density at radius 1 is 1.17 bits per heavy atom. The number of benzene rings is 2. The van der Waals surface area contributed by atoms with Gasteiger partial charge in [0.1, 0.15) is 6.07 Å². The van der Waals surface area contributed by atoms with Crippen LogP contribution >= 0.6 is 0 Å². The lowest BCUT2D eigenvalue weighted by Crippen LogP contribution is -2.33. The Hall–Kier alpha value is -2.64. The molecule has 0 aromatic heterocycles. The molecule has 0 aliphatic heterocycles. The standard InChI is InChI=1S/C19H19N3O/c20-12-15-7-2-4-10-17(15)22-19(23)13-21-18-11-5-8-14-6-1-3-9-16(14)18/h1-4,6-7,9-10,18,21H,5,8,11,13H2,(H,22,23)/t18-/m1/s1. The van der Waals surface area contributed by atoms with E-state index in [1.165, 1.54) is 11.1 Å². The van der Waals surface area contributed by atoms with E-state index in [9.17, 15) is 4.79 Å². The Morgan fingerprint density at radius 3 is 2.83 bits per heavy atom. The molecule has 0 saturated heterocycles. The summed E-state index contributed by atoms with van der Waals surface area (Å²) in [6, 6.07) is 17.7. The molecule has 0 unspecified atom stereocenters. The molecule has 1 atom stereocenters. The predicted octanol–water partition coefficient (Wildman–Crippen LogP) is 3.16. The zero-order chi connectivity index (χ0) is 16.1. The van der Waals surface area contributed by atoms with Crippen molar-refractivity contribution >= 4 is 11.6 Å². The first-order chi connectivity index (χ1) is 11.3. The Balaban J connectivity index is 1.61. The molecule has 0 radical (unpaired) electrons. The lowest BCUT2D eigenvalue weighted by Gasteiger charge is -2.26. The number of carbonyl (C=O) groups is 1. The van der Waals surface area contributed by atoms with Crippen molar-refractivity contribution in [2.45, 2.75) is 25.3 Å². The minimum Gasteiger partial charge on any atom is -0.324 e. The molecule has 116 valence electrons. The number of hydrogen-bond acceptors (Lipinski definition) is 3. The summed E-state index contributed by atoms with van der Waals surface area (Å²) in [7, 11) is 0. The first-order valence-corrected chi connectivity index (χ1v) is 7.88. The van der Waals surface area contributed by atoms with E-state index >= 15 is 0 Å². The van der Waals surface area contributed by atoms with Crippen LogP contribution in [-0.2, 0) is 11.2 Å². The van der Waals surface area contributed by atoms with Gasteiger partial charge >= 0.3 is 0 Å². The molecule has 0 saturated carbocycles. The second-order valence-electron chi connectivity index (χ2n) is 5.73. The number of para-hydroxylation sites is 1. The fourth-order valence-corrected chi connectivity index (χ4v) is 3.07. The molecule has 3 rings (SSSR count). The van der Waals surface area contributed by atoms with Crippen molar-refractivity contribution in [3.05, 3.63) is 65.2 Å². The Kier molecular flexibility index (Phi) is 4.70. The number of nitrogens with one attached hydrogen (secondary N) is 2. The number of aryl methyl sites for hydroxylation is 1. The van der Waals surface area contributed by atoms with E-state index < -0.39 is 0 Å². The molecule has 23 heavy (non-hydrogen) atoms. The summed E-state index contributed by atoms with van der Waals surface area (Å²) in [4.78, 5) is 12.2. The lowest BCUT2D eigenvalue weighted by molar-refractivity contribution is -0.115. The van der Waals surface area contributed by atoms with Crippen LogP contribution in [0.25, 0.3) is 0 Å². The van der Waals surface area contributed by atoms with Crippen LogP contribution in [0.15, 0.2) is 48.5 Å². The van der Waals surface area contributed by atoms with Crippen molar-refractivity contribution in [1.82, 2.24) is 5.32 Å². The third-order valence-corrected chi connectivity index (χ3v) is 4.20. The number of anilines is 1. The molecule has 2 N–H and O–H groups in total. The maximum absolute atomic E-state index is 12.2. The van der Waals surface area contributed by atoms with Gasteiger partial charge in [0.05, 0.1) is 17.8 Å². The third kappa shape index (κ3) is 3.58. The first-order valence-electron chi connectivity index (χ1n) is 7.88. The van der Waals surface area contributed by atoms with E-state index in [0.717, 1.165) is 19.3 Å². The van der Waals surface area contributed by atoms with Gasteiger partial charge in [0.15, 0.2) is 0 Å². The molecule has 1 aliphatic rings. The molecule has 0 bridgehead atoms. The van der Waals surface area contributed by atoms with Gasteiger partial charge in [-0.15, -0.1) is 0 Å². The summed E-state index contributed by atoms with van der Waals surface area (Å²) in [5.74, 6) is -0.129. The maximum atomic E-state index is 12.2. The summed E-state index contributed by atoms with van der Waals surface area (Å²) < 4.78 is 0. The maximum Gasteiger partial charge on any atom is 0.238 e. The molecule has 0 spiro atoms. The highest BCUT2D eigenvalue weighted by Crippen LogP contribution is 2.29. The third-order valence-electron chi connectivity index (χ3n) is 4.20. The van der Waals surface area contributed by atoms with Gasteiger partial charge in [-0.05, 0) is 42.5 Å². The molecule has 0 fully saturated rings. The van der Waals surface area contributed by atoms with E-state index in [1.54, 1.807) is 24.3 Å². The molecule has 0 heterocycles. The molecule has 2 aromatic rings. The highest BCUT2D eigenvalue weighted by Gasteiger charge is 2.19. The fourth-order valence-electron chi connectivity index (χ4n) is 3.07. The summed E-state index contributed by atoms with van der Waals surface area (Å²) in [5.41, 5.74) is 3.70. The van der Waals surface area contributed by atoms with Crippen LogP contribution in [0.1, 0.15) is 35.6 Å². The van der Waals surface area contributed by atoms with Crippen LogP contribution < -0.4 is 10.6 Å². The topological polar surface area (TPSA) is 64.9 Å². The second-order valence-corrected chi connectivity index (χ2v) is 5.73. The smallest absolute Gasteiger partial charge is 0.238 e. The SMILES string of the molecule is N#Cc1ccccc1NC(=O)CN[C@@H]1CCCc2ccccc21. The monoisotopic (exact) mass is 305 g/mol. The van der Waals surface area contributed by atoms with Crippen LogP contribution in [0.4, 0.5) is 5.69 Å². The average molecular weight is 305 g/mol. The number of hydrogen-bond donors (Lipinski definition) is 2. The number of fused-ring (bicyclic) bond motifs is 1. The van der Waals surface area contributed by atoms with Crippen LogP contribution in [0.5, 0.6) is 0 Å².